The van der Waals surface area contributed by atoms with Crippen LogP contribution in [0.25, 0.3) is 89.4 Å². The molecule has 0 fully saturated rings. The third kappa shape index (κ3) is 5.69. The molecule has 0 saturated heterocycles. The monoisotopic (exact) mass is 675 g/mol. The lowest BCUT2D eigenvalue weighted by Gasteiger charge is -2.15. The first-order chi connectivity index (χ1) is 26.2. The summed E-state index contributed by atoms with van der Waals surface area (Å²) in [6.07, 6.45) is 0.920. The molecule has 8 aromatic carbocycles. The summed E-state index contributed by atoms with van der Waals surface area (Å²) < 4.78 is 0. The van der Waals surface area contributed by atoms with Gasteiger partial charge in [-0.15, -0.1) is 0 Å². The summed E-state index contributed by atoms with van der Waals surface area (Å²) in [6.45, 7) is 0. The fraction of sp³-hybridized carbons (Fsp3) is 0.0200. The van der Waals surface area contributed by atoms with Gasteiger partial charge in [0.25, 0.3) is 0 Å². The van der Waals surface area contributed by atoms with E-state index < -0.39 is 0 Å². The molecule has 0 N–H and O–H groups in total. The predicted molar refractivity (Wildman–Crippen MR) is 218 cm³/mol. The zero-order valence-corrected chi connectivity index (χ0v) is 28.9. The Labute approximate surface area is 309 Å². The topological polar surface area (TPSA) is 38.7 Å². The number of hydrogen-bond acceptors (Lipinski definition) is 3. The lowest BCUT2D eigenvalue weighted by molar-refractivity contribution is 1.07. The number of nitrogens with zero attached hydrogens (tertiary/aromatic N) is 3. The molecule has 0 spiro atoms. The van der Waals surface area contributed by atoms with Crippen LogP contribution in [-0.2, 0) is 6.42 Å². The Hall–Kier alpha value is -6.97. The molecule has 0 aliphatic heterocycles. The summed E-state index contributed by atoms with van der Waals surface area (Å²) in [6, 6.07) is 66.6. The van der Waals surface area contributed by atoms with Gasteiger partial charge in [0.05, 0.1) is 0 Å². The van der Waals surface area contributed by atoms with Crippen LogP contribution in [0.3, 0.4) is 0 Å². The van der Waals surface area contributed by atoms with Crippen LogP contribution in [0, 0.1) is 0 Å². The molecule has 0 unspecified atom stereocenters. The highest BCUT2D eigenvalue weighted by Crippen LogP contribution is 2.44. The van der Waals surface area contributed by atoms with E-state index in [9.17, 15) is 0 Å². The zero-order valence-electron chi connectivity index (χ0n) is 28.9. The van der Waals surface area contributed by atoms with Crippen molar-refractivity contribution < 1.29 is 0 Å². The van der Waals surface area contributed by atoms with Gasteiger partial charge in [0, 0.05) is 16.7 Å². The molecule has 0 bridgehead atoms. The van der Waals surface area contributed by atoms with Crippen LogP contribution in [0.4, 0.5) is 0 Å². The number of aromatic nitrogens is 3. The van der Waals surface area contributed by atoms with Crippen molar-refractivity contribution in [3.8, 4) is 78.7 Å². The highest BCUT2D eigenvalue weighted by molar-refractivity contribution is 6.01. The maximum Gasteiger partial charge on any atom is 0.164 e. The Morgan fingerprint density at radius 1 is 0.302 bits per heavy atom. The molecular weight excluding hydrogens is 643 g/mol. The molecule has 0 saturated carbocycles. The molecule has 53 heavy (non-hydrogen) atoms. The molecular formula is C50H33N3. The van der Waals surface area contributed by atoms with Gasteiger partial charge in [0.15, 0.2) is 17.5 Å². The maximum atomic E-state index is 5.16. The number of benzene rings is 8. The quantitative estimate of drug-likeness (QED) is 0.176. The van der Waals surface area contributed by atoms with Crippen LogP contribution in [0.15, 0.2) is 188 Å². The Morgan fingerprint density at radius 3 is 1.62 bits per heavy atom. The minimum Gasteiger partial charge on any atom is -0.208 e. The molecule has 1 heterocycles. The summed E-state index contributed by atoms with van der Waals surface area (Å²) in [5.74, 6) is 1.93. The molecule has 0 amide bonds. The van der Waals surface area contributed by atoms with Crippen LogP contribution in [0.2, 0.25) is 0 Å². The van der Waals surface area contributed by atoms with Crippen molar-refractivity contribution in [2.45, 2.75) is 6.42 Å². The third-order valence-corrected chi connectivity index (χ3v) is 10.3. The number of rotatable bonds is 6. The predicted octanol–water partition coefficient (Wildman–Crippen LogP) is 12.6. The van der Waals surface area contributed by atoms with Crippen molar-refractivity contribution in [1.82, 2.24) is 15.0 Å². The van der Waals surface area contributed by atoms with E-state index in [2.05, 4.69) is 164 Å². The first kappa shape index (κ1) is 30.8. The van der Waals surface area contributed by atoms with E-state index in [-0.39, 0.29) is 0 Å². The van der Waals surface area contributed by atoms with Crippen LogP contribution < -0.4 is 0 Å². The largest absolute Gasteiger partial charge is 0.208 e. The van der Waals surface area contributed by atoms with Crippen molar-refractivity contribution >= 4 is 10.8 Å². The maximum absolute atomic E-state index is 5.16. The SMILES string of the molecule is c1ccc(-c2cccc(-c3nc(-c4ccccc4)nc(-c4ccc(-c5ccccc5)c(-c5ccc6c(c5)Cc5ccc7ccccc7c5-6)c4)n3)c2)cc1. The normalized spacial score (nSPS) is 11.7. The van der Waals surface area contributed by atoms with Crippen LogP contribution in [0.5, 0.6) is 0 Å². The van der Waals surface area contributed by atoms with Gasteiger partial charge in [0.2, 0.25) is 0 Å². The summed E-state index contributed by atoms with van der Waals surface area (Å²) in [5, 5.41) is 2.60. The second kappa shape index (κ2) is 13.0. The molecule has 1 aliphatic rings. The molecule has 9 aromatic rings. The van der Waals surface area contributed by atoms with E-state index in [0.717, 1.165) is 39.8 Å². The van der Waals surface area contributed by atoms with Gasteiger partial charge in [-0.05, 0) is 85.0 Å². The Bertz CT molecular complexity index is 2790. The molecule has 3 heteroatoms. The molecule has 3 nitrogen and oxygen atoms in total. The van der Waals surface area contributed by atoms with Crippen molar-refractivity contribution in [3.05, 3.63) is 199 Å². The van der Waals surface area contributed by atoms with E-state index in [4.69, 9.17) is 15.0 Å². The second-order valence-corrected chi connectivity index (χ2v) is 13.6. The van der Waals surface area contributed by atoms with Gasteiger partial charge in [-0.2, -0.15) is 0 Å². The molecule has 1 aromatic heterocycles. The minimum atomic E-state index is 0.639. The van der Waals surface area contributed by atoms with Gasteiger partial charge >= 0.3 is 0 Å². The van der Waals surface area contributed by atoms with E-state index in [1.54, 1.807) is 0 Å². The minimum absolute atomic E-state index is 0.639. The lowest BCUT2D eigenvalue weighted by atomic mass is 9.90. The highest BCUT2D eigenvalue weighted by atomic mass is 15.0. The number of fused-ring (bicyclic) bond motifs is 5. The summed E-state index contributed by atoms with van der Waals surface area (Å²) >= 11 is 0. The fourth-order valence-electron chi connectivity index (χ4n) is 7.75. The van der Waals surface area contributed by atoms with Crippen molar-refractivity contribution in [2.24, 2.45) is 0 Å². The summed E-state index contributed by atoms with van der Waals surface area (Å²) in [7, 11) is 0. The Balaban J connectivity index is 1.13. The molecule has 0 atom stereocenters. The fourth-order valence-corrected chi connectivity index (χ4v) is 7.75. The van der Waals surface area contributed by atoms with E-state index in [0.29, 0.717) is 17.5 Å². The van der Waals surface area contributed by atoms with Gasteiger partial charge < -0.3 is 0 Å². The standard InChI is InChI=1S/C50H33N3/c1-4-13-33(14-5-1)37-20-12-21-40(29-37)49-51-48(36-18-8-3-9-19-36)52-50(53-49)41-26-27-43(34-15-6-2-7-16-34)46(32-41)38-25-28-45-42(30-38)31-39-24-23-35-17-10-11-22-44(35)47(39)45/h1-30,32H,31H2. The van der Waals surface area contributed by atoms with Crippen LogP contribution in [-0.4, -0.2) is 15.0 Å². The average molecular weight is 676 g/mol. The first-order valence-electron chi connectivity index (χ1n) is 18.1. The van der Waals surface area contributed by atoms with Crippen molar-refractivity contribution in [3.63, 3.8) is 0 Å². The van der Waals surface area contributed by atoms with E-state index >= 15 is 0 Å². The molecule has 248 valence electrons. The van der Waals surface area contributed by atoms with Gasteiger partial charge in [-0.25, -0.2) is 15.0 Å². The van der Waals surface area contributed by atoms with Crippen molar-refractivity contribution in [2.75, 3.05) is 0 Å². The molecule has 10 rings (SSSR count). The smallest absolute Gasteiger partial charge is 0.164 e. The van der Waals surface area contributed by atoms with Crippen LogP contribution >= 0.6 is 0 Å². The van der Waals surface area contributed by atoms with E-state index in [1.165, 1.54) is 49.7 Å². The molecule has 0 radical (unpaired) electrons. The zero-order chi connectivity index (χ0) is 35.1. The van der Waals surface area contributed by atoms with Crippen LogP contribution in [0.1, 0.15) is 11.1 Å². The Morgan fingerprint density at radius 2 is 0.868 bits per heavy atom. The third-order valence-electron chi connectivity index (χ3n) is 10.3. The van der Waals surface area contributed by atoms with Gasteiger partial charge in [-0.1, -0.05) is 176 Å². The summed E-state index contributed by atoms with van der Waals surface area (Å²) in [5.41, 5.74) is 15.2. The second-order valence-electron chi connectivity index (χ2n) is 13.6. The highest BCUT2D eigenvalue weighted by Gasteiger charge is 2.22. The number of hydrogen-bond donors (Lipinski definition) is 0. The van der Waals surface area contributed by atoms with Gasteiger partial charge in [-0.3, -0.25) is 0 Å². The summed E-state index contributed by atoms with van der Waals surface area (Å²) in [4.78, 5) is 15.3. The lowest BCUT2D eigenvalue weighted by Crippen LogP contribution is -2.00. The Kier molecular flexibility index (Phi) is 7.54. The first-order valence-corrected chi connectivity index (χ1v) is 18.1. The van der Waals surface area contributed by atoms with Crippen molar-refractivity contribution in [1.29, 1.82) is 0 Å². The van der Waals surface area contributed by atoms with E-state index in [1.807, 2.05) is 24.3 Å². The average Bonchev–Trinajstić information content (AvgIpc) is 3.63. The molecule has 1 aliphatic carbocycles. The van der Waals surface area contributed by atoms with Gasteiger partial charge in [0.1, 0.15) is 0 Å².